The van der Waals surface area contributed by atoms with Gasteiger partial charge in [-0.25, -0.2) is 0 Å². The Labute approximate surface area is 364 Å². The molecule has 0 bridgehead atoms. The molecule has 0 spiro atoms. The fourth-order valence-electron chi connectivity index (χ4n) is 12.8. The lowest BCUT2D eigenvalue weighted by Crippen LogP contribution is -2.14. The summed E-state index contributed by atoms with van der Waals surface area (Å²) in [6.45, 7) is 9.56. The highest BCUT2D eigenvalue weighted by atomic mass is 15.1. The number of aromatic nitrogens is 2. The van der Waals surface area contributed by atoms with E-state index in [1.807, 2.05) is 0 Å². The largest absolute Gasteiger partial charge is 0.310 e. The summed E-state index contributed by atoms with van der Waals surface area (Å²) in [5.41, 5.74) is 22.0. The zero-order valence-electron chi connectivity index (χ0n) is 35.6. The van der Waals surface area contributed by atoms with Gasteiger partial charge in [0, 0.05) is 65.3 Å². The Morgan fingerprint density at radius 2 is 0.841 bits per heavy atom. The fourth-order valence-corrected chi connectivity index (χ4v) is 12.8. The molecule has 4 aromatic heterocycles. The van der Waals surface area contributed by atoms with E-state index in [1.165, 1.54) is 126 Å². The molecule has 15 rings (SSSR count). The van der Waals surface area contributed by atoms with Gasteiger partial charge in [0.2, 0.25) is 0 Å². The van der Waals surface area contributed by atoms with Gasteiger partial charge in [-0.1, -0.05) is 149 Å². The van der Waals surface area contributed by atoms with Crippen molar-refractivity contribution in [3.05, 3.63) is 198 Å². The van der Waals surface area contributed by atoms with E-state index in [-0.39, 0.29) is 10.8 Å². The third kappa shape index (κ3) is 3.91. The Morgan fingerprint density at radius 3 is 1.44 bits per heavy atom. The third-order valence-electron chi connectivity index (χ3n) is 15.5. The van der Waals surface area contributed by atoms with Crippen LogP contribution in [-0.2, 0) is 10.8 Å². The fraction of sp³-hybridized carbons (Fsp3) is 0.100. The lowest BCUT2D eigenvalue weighted by molar-refractivity contribution is 0.660. The highest BCUT2D eigenvalue weighted by Crippen LogP contribution is 2.58. The van der Waals surface area contributed by atoms with Crippen molar-refractivity contribution in [2.24, 2.45) is 0 Å². The summed E-state index contributed by atoms with van der Waals surface area (Å²) in [5, 5.41) is 10.5. The van der Waals surface area contributed by atoms with E-state index in [2.05, 4.69) is 217 Å². The van der Waals surface area contributed by atoms with Crippen LogP contribution in [0.5, 0.6) is 0 Å². The first-order valence-corrected chi connectivity index (χ1v) is 22.4. The van der Waals surface area contributed by atoms with Gasteiger partial charge < -0.3 is 13.7 Å². The standard InChI is InChI=1S/C60H41N3/c1-59(2)43-24-13-11-20-38(43)52-45(59)27-30-47-54(52)40-23-15-22-36-41-32-51-42(33-50(41)62(47)57(36)40)37-26-29-49(61(34-16-7-5-8-17-34)35-18-9-6-10-19-35)56-55-48(63(51)58(37)56)31-28-46-53(55)39-21-12-14-25-44(39)60(46,3)4/h5-33H,1-4H3. The number of nitrogens with zero attached hydrogens (tertiary/aromatic N) is 3. The average Bonchev–Trinajstić information content (AvgIpc) is 4.12. The van der Waals surface area contributed by atoms with Gasteiger partial charge in [-0.2, -0.15) is 0 Å². The van der Waals surface area contributed by atoms with Crippen molar-refractivity contribution < 1.29 is 0 Å². The van der Waals surface area contributed by atoms with Crippen molar-refractivity contribution >= 4 is 93.3 Å². The van der Waals surface area contributed by atoms with Gasteiger partial charge in [0.25, 0.3) is 0 Å². The molecule has 2 aliphatic rings. The minimum Gasteiger partial charge on any atom is -0.310 e. The van der Waals surface area contributed by atoms with E-state index in [4.69, 9.17) is 0 Å². The van der Waals surface area contributed by atoms with Crippen molar-refractivity contribution in [1.29, 1.82) is 0 Å². The Balaban J connectivity index is 1.11. The number of para-hydroxylation sites is 3. The molecule has 0 unspecified atom stereocenters. The molecule has 296 valence electrons. The van der Waals surface area contributed by atoms with Gasteiger partial charge >= 0.3 is 0 Å². The maximum absolute atomic E-state index is 2.61. The zero-order chi connectivity index (χ0) is 41.7. The monoisotopic (exact) mass is 803 g/mol. The molecule has 0 fully saturated rings. The second-order valence-electron chi connectivity index (χ2n) is 19.2. The molecule has 0 saturated carbocycles. The van der Waals surface area contributed by atoms with Crippen molar-refractivity contribution in [3.8, 4) is 22.3 Å². The van der Waals surface area contributed by atoms with Crippen LogP contribution >= 0.6 is 0 Å². The molecule has 3 nitrogen and oxygen atoms in total. The summed E-state index contributed by atoms with van der Waals surface area (Å²) in [4.78, 5) is 2.47. The summed E-state index contributed by atoms with van der Waals surface area (Å²) in [6, 6.07) is 66.4. The Hall–Kier alpha value is -7.62. The Morgan fingerprint density at radius 1 is 0.349 bits per heavy atom. The Kier molecular flexibility index (Phi) is 6.07. The molecule has 63 heavy (non-hydrogen) atoms. The predicted molar refractivity (Wildman–Crippen MR) is 266 cm³/mol. The molecule has 4 heterocycles. The molecule has 0 aliphatic heterocycles. The number of anilines is 3. The first kappa shape index (κ1) is 34.0. The van der Waals surface area contributed by atoms with Crippen molar-refractivity contribution in [2.45, 2.75) is 38.5 Å². The summed E-state index contributed by atoms with van der Waals surface area (Å²) in [7, 11) is 0. The minimum atomic E-state index is -0.124. The van der Waals surface area contributed by atoms with Crippen molar-refractivity contribution in [3.63, 3.8) is 0 Å². The second-order valence-corrected chi connectivity index (χ2v) is 19.2. The lowest BCUT2D eigenvalue weighted by atomic mass is 9.82. The molecule has 2 aliphatic carbocycles. The molecular weight excluding hydrogens is 763 g/mol. The summed E-state index contributed by atoms with van der Waals surface area (Å²) in [5.74, 6) is 0. The molecule has 3 heteroatoms. The summed E-state index contributed by atoms with van der Waals surface area (Å²) in [6.07, 6.45) is 0. The van der Waals surface area contributed by atoms with Crippen molar-refractivity contribution in [1.82, 2.24) is 8.80 Å². The Bertz CT molecular complexity index is 4090. The van der Waals surface area contributed by atoms with Crippen LogP contribution in [-0.4, -0.2) is 8.80 Å². The van der Waals surface area contributed by atoms with Gasteiger partial charge in [0.05, 0.1) is 38.8 Å². The molecular formula is C60H41N3. The van der Waals surface area contributed by atoms with Crippen LogP contribution in [0.4, 0.5) is 17.1 Å². The van der Waals surface area contributed by atoms with E-state index >= 15 is 0 Å². The number of fused-ring (bicyclic) bond motifs is 20. The van der Waals surface area contributed by atoms with E-state index in [0.717, 1.165) is 11.4 Å². The first-order chi connectivity index (χ1) is 30.8. The van der Waals surface area contributed by atoms with E-state index < -0.39 is 0 Å². The van der Waals surface area contributed by atoms with Gasteiger partial charge in [-0.05, 0) is 99.1 Å². The molecule has 0 saturated heterocycles. The zero-order valence-corrected chi connectivity index (χ0v) is 35.6. The van der Waals surface area contributed by atoms with Crippen LogP contribution in [0.2, 0.25) is 0 Å². The van der Waals surface area contributed by atoms with Crippen LogP contribution in [0, 0.1) is 0 Å². The highest BCUT2D eigenvalue weighted by Gasteiger charge is 2.40. The van der Waals surface area contributed by atoms with Crippen molar-refractivity contribution in [2.75, 3.05) is 4.90 Å². The van der Waals surface area contributed by atoms with Crippen LogP contribution in [0.25, 0.3) is 98.4 Å². The van der Waals surface area contributed by atoms with E-state index in [1.54, 1.807) is 0 Å². The first-order valence-electron chi connectivity index (χ1n) is 22.4. The summed E-state index contributed by atoms with van der Waals surface area (Å²) < 4.78 is 5.19. The molecule has 9 aromatic carbocycles. The van der Waals surface area contributed by atoms with Gasteiger partial charge in [-0.3, -0.25) is 0 Å². The summed E-state index contributed by atoms with van der Waals surface area (Å²) >= 11 is 0. The lowest BCUT2D eigenvalue weighted by Gasteiger charge is -2.26. The third-order valence-corrected chi connectivity index (χ3v) is 15.5. The predicted octanol–water partition coefficient (Wildman–Crippen LogP) is 16.1. The van der Waals surface area contributed by atoms with Crippen LogP contribution in [0.15, 0.2) is 176 Å². The normalized spacial score (nSPS) is 14.9. The number of rotatable bonds is 3. The SMILES string of the molecule is CC1(C)c2ccccc2-c2c1ccc1c2c2cccc3c4cc5c(cc4n1c32)c1ccc(N(c2ccccc2)c2ccccc2)c2c3c4c(ccc3n5c12)C(C)(C)c1ccccc1-4. The van der Waals surface area contributed by atoms with E-state index in [9.17, 15) is 0 Å². The highest BCUT2D eigenvalue weighted by molar-refractivity contribution is 6.33. The smallest absolute Gasteiger partial charge is 0.0641 e. The van der Waals surface area contributed by atoms with Crippen LogP contribution < -0.4 is 4.90 Å². The average molecular weight is 804 g/mol. The van der Waals surface area contributed by atoms with Gasteiger partial charge in [-0.15, -0.1) is 0 Å². The van der Waals surface area contributed by atoms with Gasteiger partial charge in [0.15, 0.2) is 0 Å². The second kappa shape index (κ2) is 11.2. The maximum atomic E-state index is 2.61. The maximum Gasteiger partial charge on any atom is 0.0641 e. The van der Waals surface area contributed by atoms with E-state index in [0.29, 0.717) is 0 Å². The number of benzene rings is 9. The number of hydrogen-bond donors (Lipinski definition) is 0. The van der Waals surface area contributed by atoms with Gasteiger partial charge in [0.1, 0.15) is 0 Å². The number of hydrogen-bond acceptors (Lipinski definition) is 1. The topological polar surface area (TPSA) is 12.1 Å². The molecule has 0 atom stereocenters. The minimum absolute atomic E-state index is 0.0582. The quantitative estimate of drug-likeness (QED) is 0.173. The van der Waals surface area contributed by atoms with Crippen LogP contribution in [0.1, 0.15) is 49.9 Å². The molecule has 0 radical (unpaired) electrons. The molecule has 0 N–H and O–H groups in total. The molecule has 13 aromatic rings. The molecule has 0 amide bonds. The van der Waals surface area contributed by atoms with Crippen LogP contribution in [0.3, 0.4) is 0 Å².